The lowest BCUT2D eigenvalue weighted by atomic mass is 10.1. The number of carbonyl (C=O) groups excluding carboxylic acids is 1. The van der Waals surface area contributed by atoms with Crippen LogP contribution in [0.2, 0.25) is 0 Å². The Hall–Kier alpha value is -2.02. The summed E-state index contributed by atoms with van der Waals surface area (Å²) >= 11 is 0. The predicted molar refractivity (Wildman–Crippen MR) is 61.1 cm³/mol. The number of amides is 1. The van der Waals surface area contributed by atoms with Crippen LogP contribution in [0.1, 0.15) is 11.1 Å². The zero-order chi connectivity index (χ0) is 11.5. The Kier molecular flexibility index (Phi) is 2.78. The molecule has 1 aromatic carbocycles. The standard InChI is InChI=1S/C12H13N3O/c1-9-2-3-10(7-13)11(6-9)15-5-4-14-12(16)8-15/h2-3,6H,4-5,8H2,1H3,(H,14,16). The number of nitrogens with zero attached hydrogens (tertiary/aromatic N) is 2. The van der Waals surface area contributed by atoms with Crippen molar-refractivity contribution < 1.29 is 4.79 Å². The number of benzene rings is 1. The lowest BCUT2D eigenvalue weighted by Crippen LogP contribution is -2.48. The van der Waals surface area contributed by atoms with Gasteiger partial charge in [-0.15, -0.1) is 0 Å². The van der Waals surface area contributed by atoms with Gasteiger partial charge in [0.1, 0.15) is 6.07 Å². The molecule has 0 radical (unpaired) electrons. The van der Waals surface area contributed by atoms with Gasteiger partial charge < -0.3 is 10.2 Å². The Morgan fingerprint density at radius 3 is 3.00 bits per heavy atom. The maximum absolute atomic E-state index is 11.3. The van der Waals surface area contributed by atoms with E-state index >= 15 is 0 Å². The highest BCUT2D eigenvalue weighted by molar-refractivity contribution is 5.83. The van der Waals surface area contributed by atoms with Gasteiger partial charge in [-0.3, -0.25) is 4.79 Å². The first kappa shape index (κ1) is 10.5. The summed E-state index contributed by atoms with van der Waals surface area (Å²) in [7, 11) is 0. The van der Waals surface area contributed by atoms with E-state index in [0.29, 0.717) is 18.7 Å². The van der Waals surface area contributed by atoms with Crippen LogP contribution < -0.4 is 10.2 Å². The van der Waals surface area contributed by atoms with Crippen molar-refractivity contribution in [1.82, 2.24) is 5.32 Å². The molecule has 0 unspecified atom stereocenters. The van der Waals surface area contributed by atoms with Gasteiger partial charge in [-0.25, -0.2) is 0 Å². The van der Waals surface area contributed by atoms with E-state index in [1.807, 2.05) is 24.0 Å². The van der Waals surface area contributed by atoms with Crippen LogP contribution in [-0.2, 0) is 4.79 Å². The molecular weight excluding hydrogens is 202 g/mol. The van der Waals surface area contributed by atoms with Crippen LogP contribution in [0.4, 0.5) is 5.69 Å². The topological polar surface area (TPSA) is 56.1 Å². The molecular formula is C12H13N3O. The summed E-state index contributed by atoms with van der Waals surface area (Å²) < 4.78 is 0. The Morgan fingerprint density at radius 1 is 1.50 bits per heavy atom. The fraction of sp³-hybridized carbons (Fsp3) is 0.333. The number of carbonyl (C=O) groups is 1. The van der Waals surface area contributed by atoms with Crippen LogP contribution >= 0.6 is 0 Å². The Morgan fingerprint density at radius 2 is 2.31 bits per heavy atom. The number of piperazine rings is 1. The quantitative estimate of drug-likeness (QED) is 0.754. The molecule has 82 valence electrons. The summed E-state index contributed by atoms with van der Waals surface area (Å²) in [5.74, 6) is 0.0108. The molecule has 2 rings (SSSR count). The van der Waals surface area contributed by atoms with E-state index in [-0.39, 0.29) is 5.91 Å². The van der Waals surface area contributed by atoms with Crippen LogP contribution in [0.3, 0.4) is 0 Å². The second-order valence-electron chi connectivity index (χ2n) is 3.90. The van der Waals surface area contributed by atoms with Gasteiger partial charge in [0.05, 0.1) is 17.8 Å². The van der Waals surface area contributed by atoms with Crippen molar-refractivity contribution in [1.29, 1.82) is 5.26 Å². The average molecular weight is 215 g/mol. The maximum Gasteiger partial charge on any atom is 0.239 e. The molecule has 0 aromatic heterocycles. The third-order valence-corrected chi connectivity index (χ3v) is 2.65. The van der Waals surface area contributed by atoms with Gasteiger partial charge >= 0.3 is 0 Å². The van der Waals surface area contributed by atoms with Crippen molar-refractivity contribution in [3.05, 3.63) is 29.3 Å². The van der Waals surface area contributed by atoms with E-state index in [1.54, 1.807) is 6.07 Å². The first-order chi connectivity index (χ1) is 7.70. The largest absolute Gasteiger partial charge is 0.359 e. The van der Waals surface area contributed by atoms with Gasteiger partial charge in [0.15, 0.2) is 0 Å². The van der Waals surface area contributed by atoms with Crippen LogP contribution in [0.5, 0.6) is 0 Å². The number of nitriles is 1. The number of rotatable bonds is 1. The normalized spacial score (nSPS) is 15.5. The molecule has 1 aliphatic rings. The molecule has 1 saturated heterocycles. The molecule has 0 saturated carbocycles. The first-order valence-electron chi connectivity index (χ1n) is 5.23. The third kappa shape index (κ3) is 1.98. The van der Waals surface area contributed by atoms with E-state index in [1.165, 1.54) is 0 Å². The molecule has 1 aliphatic heterocycles. The number of hydrogen-bond acceptors (Lipinski definition) is 3. The second kappa shape index (κ2) is 4.23. The molecule has 1 N–H and O–H groups in total. The lowest BCUT2D eigenvalue weighted by molar-refractivity contribution is -0.120. The SMILES string of the molecule is Cc1ccc(C#N)c(N2CCNC(=O)C2)c1. The molecule has 1 aromatic rings. The van der Waals surface area contributed by atoms with Gasteiger partial charge in [-0.05, 0) is 24.6 Å². The molecule has 1 amide bonds. The molecule has 16 heavy (non-hydrogen) atoms. The highest BCUT2D eigenvalue weighted by Gasteiger charge is 2.18. The predicted octanol–water partition coefficient (Wildman–Crippen LogP) is 0.803. The fourth-order valence-electron chi connectivity index (χ4n) is 1.84. The average Bonchev–Trinajstić information content (AvgIpc) is 2.29. The zero-order valence-corrected chi connectivity index (χ0v) is 9.16. The minimum atomic E-state index is 0.0108. The summed E-state index contributed by atoms with van der Waals surface area (Å²) in [6.45, 7) is 3.70. The zero-order valence-electron chi connectivity index (χ0n) is 9.16. The van der Waals surface area contributed by atoms with E-state index in [0.717, 1.165) is 17.8 Å². The second-order valence-corrected chi connectivity index (χ2v) is 3.90. The summed E-state index contributed by atoms with van der Waals surface area (Å²) in [5.41, 5.74) is 2.58. The smallest absolute Gasteiger partial charge is 0.239 e. The molecule has 4 nitrogen and oxygen atoms in total. The molecule has 1 fully saturated rings. The lowest BCUT2D eigenvalue weighted by Gasteiger charge is -2.29. The van der Waals surface area contributed by atoms with Crippen LogP contribution in [0, 0.1) is 18.3 Å². The number of hydrogen-bond donors (Lipinski definition) is 1. The van der Waals surface area contributed by atoms with Gasteiger partial charge in [0.2, 0.25) is 5.91 Å². The van der Waals surface area contributed by atoms with Crippen molar-refractivity contribution in [3.63, 3.8) is 0 Å². The fourth-order valence-corrected chi connectivity index (χ4v) is 1.84. The van der Waals surface area contributed by atoms with Gasteiger partial charge in [0.25, 0.3) is 0 Å². The van der Waals surface area contributed by atoms with E-state index in [2.05, 4.69) is 11.4 Å². The number of nitrogens with one attached hydrogen (secondary N) is 1. The third-order valence-electron chi connectivity index (χ3n) is 2.65. The first-order valence-corrected chi connectivity index (χ1v) is 5.23. The van der Waals surface area contributed by atoms with E-state index in [9.17, 15) is 4.79 Å². The van der Waals surface area contributed by atoms with E-state index in [4.69, 9.17) is 5.26 Å². The Labute approximate surface area is 94.5 Å². The summed E-state index contributed by atoms with van der Waals surface area (Å²) in [6.07, 6.45) is 0. The minimum Gasteiger partial charge on any atom is -0.359 e. The van der Waals surface area contributed by atoms with Crippen LogP contribution in [0.25, 0.3) is 0 Å². The van der Waals surface area contributed by atoms with Crippen molar-refractivity contribution in [3.8, 4) is 6.07 Å². The van der Waals surface area contributed by atoms with Gasteiger partial charge in [0, 0.05) is 13.1 Å². The monoisotopic (exact) mass is 215 g/mol. The Bertz CT molecular complexity index is 462. The number of anilines is 1. The van der Waals surface area contributed by atoms with Crippen molar-refractivity contribution in [2.24, 2.45) is 0 Å². The van der Waals surface area contributed by atoms with Crippen molar-refractivity contribution in [2.45, 2.75) is 6.92 Å². The van der Waals surface area contributed by atoms with Gasteiger partial charge in [-0.1, -0.05) is 6.07 Å². The van der Waals surface area contributed by atoms with Crippen molar-refractivity contribution >= 4 is 11.6 Å². The van der Waals surface area contributed by atoms with Gasteiger partial charge in [-0.2, -0.15) is 5.26 Å². The highest BCUT2D eigenvalue weighted by Crippen LogP contribution is 2.21. The molecule has 0 spiro atoms. The summed E-state index contributed by atoms with van der Waals surface area (Å²) in [5, 5.41) is 11.8. The Balaban J connectivity index is 2.35. The van der Waals surface area contributed by atoms with Crippen LogP contribution in [0.15, 0.2) is 18.2 Å². The highest BCUT2D eigenvalue weighted by atomic mass is 16.2. The molecule has 4 heteroatoms. The molecule has 0 atom stereocenters. The summed E-state index contributed by atoms with van der Waals surface area (Å²) in [4.78, 5) is 13.2. The minimum absolute atomic E-state index is 0.0108. The molecule has 0 aliphatic carbocycles. The van der Waals surface area contributed by atoms with Crippen molar-refractivity contribution in [2.75, 3.05) is 24.5 Å². The number of aryl methyl sites for hydroxylation is 1. The van der Waals surface area contributed by atoms with Crippen LogP contribution in [-0.4, -0.2) is 25.5 Å². The molecule has 1 heterocycles. The van der Waals surface area contributed by atoms with E-state index < -0.39 is 0 Å². The molecule has 0 bridgehead atoms. The maximum atomic E-state index is 11.3. The summed E-state index contributed by atoms with van der Waals surface area (Å²) in [6, 6.07) is 7.83.